The second-order valence-electron chi connectivity index (χ2n) is 4.87. The van der Waals surface area contributed by atoms with Gasteiger partial charge in [0.1, 0.15) is 5.65 Å². The van der Waals surface area contributed by atoms with Crippen molar-refractivity contribution in [3.05, 3.63) is 63.9 Å². The van der Waals surface area contributed by atoms with E-state index >= 15 is 0 Å². The maximum Gasteiger partial charge on any atom is 0.195 e. The van der Waals surface area contributed by atoms with E-state index in [-0.39, 0.29) is 5.78 Å². The van der Waals surface area contributed by atoms with Crippen LogP contribution in [0.3, 0.4) is 0 Å². The normalized spacial score (nSPS) is 10.9. The van der Waals surface area contributed by atoms with Gasteiger partial charge in [-0.05, 0) is 25.5 Å². The van der Waals surface area contributed by atoms with Gasteiger partial charge in [-0.15, -0.1) is 0 Å². The molecule has 0 unspecified atom stereocenters. The molecule has 0 saturated carbocycles. The number of aromatic amines is 1. The van der Waals surface area contributed by atoms with E-state index in [2.05, 4.69) is 9.97 Å². The first-order valence-electron chi connectivity index (χ1n) is 6.31. The van der Waals surface area contributed by atoms with Crippen LogP contribution < -0.4 is 0 Å². The van der Waals surface area contributed by atoms with Crippen molar-refractivity contribution in [2.24, 2.45) is 0 Å². The van der Waals surface area contributed by atoms with Crippen molar-refractivity contribution in [3.8, 4) is 0 Å². The Balaban J connectivity index is 2.18. The predicted molar refractivity (Wildman–Crippen MR) is 80.5 cm³/mol. The summed E-state index contributed by atoms with van der Waals surface area (Å²) in [5, 5.41) is 1.21. The van der Waals surface area contributed by atoms with Gasteiger partial charge >= 0.3 is 0 Å². The Kier molecular flexibility index (Phi) is 3.07. The molecule has 0 aliphatic rings. The van der Waals surface area contributed by atoms with Gasteiger partial charge in [0.05, 0.1) is 10.6 Å². The SMILES string of the molecule is Cc1ccc(C(=O)c2c[nH]c3nccc(Cl)c23)c(C)c1. The fraction of sp³-hybridized carbons (Fsp3) is 0.125. The van der Waals surface area contributed by atoms with Crippen molar-refractivity contribution >= 4 is 28.4 Å². The summed E-state index contributed by atoms with van der Waals surface area (Å²) in [6.07, 6.45) is 3.29. The fourth-order valence-electron chi connectivity index (χ4n) is 2.41. The summed E-state index contributed by atoms with van der Waals surface area (Å²) >= 11 is 6.19. The number of carbonyl (C=O) groups excluding carboxylic acids is 1. The Hall–Kier alpha value is -2.13. The molecule has 0 amide bonds. The molecule has 0 aliphatic heterocycles. The highest BCUT2D eigenvalue weighted by Gasteiger charge is 2.18. The summed E-state index contributed by atoms with van der Waals surface area (Å²) in [7, 11) is 0. The monoisotopic (exact) mass is 284 g/mol. The molecule has 3 rings (SSSR count). The molecule has 0 saturated heterocycles. The van der Waals surface area contributed by atoms with E-state index in [1.807, 2.05) is 32.0 Å². The predicted octanol–water partition coefficient (Wildman–Crippen LogP) is 4.06. The molecule has 0 radical (unpaired) electrons. The lowest BCUT2D eigenvalue weighted by Crippen LogP contribution is -2.03. The molecule has 3 nitrogen and oxygen atoms in total. The molecule has 1 N–H and O–H groups in total. The van der Waals surface area contributed by atoms with Gasteiger partial charge in [-0.2, -0.15) is 0 Å². The van der Waals surface area contributed by atoms with Gasteiger partial charge in [0.25, 0.3) is 0 Å². The van der Waals surface area contributed by atoms with E-state index < -0.39 is 0 Å². The van der Waals surface area contributed by atoms with Crippen LogP contribution in [-0.2, 0) is 0 Å². The Morgan fingerprint density at radius 2 is 2.00 bits per heavy atom. The second kappa shape index (κ2) is 4.76. The number of H-pyrrole nitrogens is 1. The minimum absolute atomic E-state index is 0.0383. The first kappa shape index (κ1) is 12.9. The summed E-state index contributed by atoms with van der Waals surface area (Å²) in [6, 6.07) is 7.49. The van der Waals surface area contributed by atoms with E-state index in [1.54, 1.807) is 18.5 Å². The minimum Gasteiger partial charge on any atom is -0.345 e. The van der Waals surface area contributed by atoms with E-state index in [0.717, 1.165) is 11.1 Å². The summed E-state index contributed by atoms with van der Waals surface area (Å²) in [6.45, 7) is 3.95. The van der Waals surface area contributed by atoms with Crippen LogP contribution in [0.15, 0.2) is 36.7 Å². The number of carbonyl (C=O) groups is 1. The van der Waals surface area contributed by atoms with Crippen molar-refractivity contribution < 1.29 is 4.79 Å². The number of nitrogens with one attached hydrogen (secondary N) is 1. The van der Waals surface area contributed by atoms with E-state index in [9.17, 15) is 4.79 Å². The minimum atomic E-state index is -0.0383. The molecule has 20 heavy (non-hydrogen) atoms. The Morgan fingerprint density at radius 1 is 1.20 bits per heavy atom. The van der Waals surface area contributed by atoms with E-state index in [4.69, 9.17) is 11.6 Å². The first-order valence-corrected chi connectivity index (χ1v) is 6.69. The molecule has 0 spiro atoms. The van der Waals surface area contributed by atoms with Gasteiger partial charge in [0.15, 0.2) is 5.78 Å². The second-order valence-corrected chi connectivity index (χ2v) is 5.27. The molecule has 0 bridgehead atoms. The maximum absolute atomic E-state index is 12.7. The zero-order chi connectivity index (χ0) is 14.3. The van der Waals surface area contributed by atoms with Crippen LogP contribution in [0.2, 0.25) is 5.02 Å². The van der Waals surface area contributed by atoms with Crippen molar-refractivity contribution in [1.29, 1.82) is 0 Å². The number of pyridine rings is 1. The third-order valence-electron chi connectivity index (χ3n) is 3.39. The summed E-state index contributed by atoms with van der Waals surface area (Å²) < 4.78 is 0. The van der Waals surface area contributed by atoms with E-state index in [1.165, 1.54) is 0 Å². The van der Waals surface area contributed by atoms with Crippen LogP contribution in [0.25, 0.3) is 11.0 Å². The average molecular weight is 285 g/mol. The highest BCUT2D eigenvalue weighted by Crippen LogP contribution is 2.27. The molecule has 0 atom stereocenters. The number of aryl methyl sites for hydroxylation is 2. The molecule has 0 aliphatic carbocycles. The summed E-state index contributed by atoms with van der Waals surface area (Å²) in [5.41, 5.74) is 3.98. The van der Waals surface area contributed by atoms with E-state index in [0.29, 0.717) is 27.2 Å². The topological polar surface area (TPSA) is 45.8 Å². The molecular formula is C16H13ClN2O. The van der Waals surface area contributed by atoms with Crippen LogP contribution >= 0.6 is 11.6 Å². The van der Waals surface area contributed by atoms with Crippen molar-refractivity contribution in [2.75, 3.05) is 0 Å². The van der Waals surface area contributed by atoms with Gasteiger partial charge in [0.2, 0.25) is 0 Å². The van der Waals surface area contributed by atoms with Crippen LogP contribution in [-0.4, -0.2) is 15.8 Å². The van der Waals surface area contributed by atoms with Crippen LogP contribution in [0, 0.1) is 13.8 Å². The number of ketones is 1. The number of aromatic nitrogens is 2. The standard InChI is InChI=1S/C16H13ClN2O/c1-9-3-4-11(10(2)7-9)15(20)12-8-19-16-14(12)13(17)5-6-18-16/h3-8H,1-2H3,(H,18,19). The number of nitrogens with zero attached hydrogens (tertiary/aromatic N) is 1. The zero-order valence-corrected chi connectivity index (χ0v) is 12.0. The lowest BCUT2D eigenvalue weighted by Gasteiger charge is -2.05. The van der Waals surface area contributed by atoms with Gasteiger partial charge in [-0.1, -0.05) is 35.4 Å². The largest absolute Gasteiger partial charge is 0.345 e. The maximum atomic E-state index is 12.7. The van der Waals surface area contributed by atoms with Gasteiger partial charge in [-0.3, -0.25) is 4.79 Å². The molecule has 2 heterocycles. The molecule has 3 aromatic rings. The average Bonchev–Trinajstić information content (AvgIpc) is 2.83. The summed E-state index contributed by atoms with van der Waals surface area (Å²) in [5.74, 6) is -0.0383. The van der Waals surface area contributed by atoms with Gasteiger partial charge in [0, 0.05) is 23.3 Å². The lowest BCUT2D eigenvalue weighted by atomic mass is 9.98. The molecule has 100 valence electrons. The molecule has 1 aromatic carbocycles. The zero-order valence-electron chi connectivity index (χ0n) is 11.2. The quantitative estimate of drug-likeness (QED) is 0.721. The van der Waals surface area contributed by atoms with Crippen molar-refractivity contribution in [3.63, 3.8) is 0 Å². The van der Waals surface area contributed by atoms with Crippen molar-refractivity contribution in [1.82, 2.24) is 9.97 Å². The van der Waals surface area contributed by atoms with Crippen LogP contribution in [0.5, 0.6) is 0 Å². The lowest BCUT2D eigenvalue weighted by molar-refractivity contribution is 0.104. The number of rotatable bonds is 2. The molecule has 4 heteroatoms. The Morgan fingerprint density at radius 3 is 2.75 bits per heavy atom. The highest BCUT2D eigenvalue weighted by atomic mass is 35.5. The van der Waals surface area contributed by atoms with Crippen LogP contribution in [0.1, 0.15) is 27.0 Å². The Bertz CT molecular complexity index is 820. The summed E-state index contributed by atoms with van der Waals surface area (Å²) in [4.78, 5) is 19.9. The van der Waals surface area contributed by atoms with Gasteiger partial charge in [-0.25, -0.2) is 4.98 Å². The Labute approximate surface area is 121 Å². The van der Waals surface area contributed by atoms with Crippen LogP contribution in [0.4, 0.5) is 0 Å². The highest BCUT2D eigenvalue weighted by molar-refractivity contribution is 6.37. The number of benzene rings is 1. The number of hydrogen-bond acceptors (Lipinski definition) is 2. The third kappa shape index (κ3) is 2.00. The number of fused-ring (bicyclic) bond motifs is 1. The molecular weight excluding hydrogens is 272 g/mol. The number of halogens is 1. The number of hydrogen-bond donors (Lipinski definition) is 1. The van der Waals surface area contributed by atoms with Crippen molar-refractivity contribution in [2.45, 2.75) is 13.8 Å². The fourth-order valence-corrected chi connectivity index (χ4v) is 2.66. The smallest absolute Gasteiger partial charge is 0.195 e. The first-order chi connectivity index (χ1) is 9.58. The molecule has 0 fully saturated rings. The molecule has 2 aromatic heterocycles. The van der Waals surface area contributed by atoms with Gasteiger partial charge < -0.3 is 4.98 Å². The third-order valence-corrected chi connectivity index (χ3v) is 3.71.